The summed E-state index contributed by atoms with van der Waals surface area (Å²) in [6.07, 6.45) is 5.09. The van der Waals surface area contributed by atoms with Crippen molar-refractivity contribution in [3.05, 3.63) is 23.4 Å². The van der Waals surface area contributed by atoms with E-state index in [1.165, 1.54) is 5.57 Å². The molecular formula is C8H15N. The molecule has 0 aromatic heterocycles. The first-order chi connectivity index (χ1) is 4.22. The van der Waals surface area contributed by atoms with Crippen molar-refractivity contribution in [3.63, 3.8) is 0 Å². The molecule has 0 aliphatic rings. The van der Waals surface area contributed by atoms with E-state index in [4.69, 9.17) is 5.73 Å². The highest BCUT2D eigenvalue weighted by atomic mass is 14.6. The van der Waals surface area contributed by atoms with Crippen LogP contribution in [0.25, 0.3) is 0 Å². The normalized spacial score (nSPS) is 14.1. The van der Waals surface area contributed by atoms with Crippen LogP contribution in [0.15, 0.2) is 23.4 Å². The summed E-state index contributed by atoms with van der Waals surface area (Å²) in [5.41, 5.74) is 7.66. The summed E-state index contributed by atoms with van der Waals surface area (Å²) in [5, 5.41) is 0. The summed E-state index contributed by atoms with van der Waals surface area (Å²) >= 11 is 0. The monoisotopic (exact) mass is 125 g/mol. The molecule has 0 rings (SSSR count). The van der Waals surface area contributed by atoms with Crippen molar-refractivity contribution in [3.8, 4) is 0 Å². The Morgan fingerprint density at radius 3 is 2.44 bits per heavy atom. The van der Waals surface area contributed by atoms with Crippen LogP contribution in [-0.2, 0) is 0 Å². The molecule has 2 N–H and O–H groups in total. The Bertz CT molecular complexity index is 132. The minimum Gasteiger partial charge on any atom is -0.399 e. The summed E-state index contributed by atoms with van der Waals surface area (Å²) in [4.78, 5) is 0. The molecule has 1 heteroatoms. The van der Waals surface area contributed by atoms with Gasteiger partial charge in [0.1, 0.15) is 0 Å². The van der Waals surface area contributed by atoms with Crippen molar-refractivity contribution in [2.24, 2.45) is 5.73 Å². The molecule has 0 heterocycles. The van der Waals surface area contributed by atoms with Crippen LogP contribution < -0.4 is 5.73 Å². The average molecular weight is 125 g/mol. The summed E-state index contributed by atoms with van der Waals surface area (Å²) in [6, 6.07) is 0. The Morgan fingerprint density at radius 1 is 1.56 bits per heavy atom. The quantitative estimate of drug-likeness (QED) is 0.562. The van der Waals surface area contributed by atoms with Gasteiger partial charge in [0.15, 0.2) is 0 Å². The molecule has 0 amide bonds. The second-order valence-corrected chi connectivity index (χ2v) is 2.04. The summed E-state index contributed by atoms with van der Waals surface area (Å²) in [6.45, 7) is 6.08. The van der Waals surface area contributed by atoms with Gasteiger partial charge in [-0.25, -0.2) is 0 Å². The molecule has 0 aliphatic heterocycles. The first kappa shape index (κ1) is 8.28. The molecule has 0 bridgehead atoms. The fraction of sp³-hybridized carbons (Fsp3) is 0.500. The highest BCUT2D eigenvalue weighted by Gasteiger charge is 1.87. The maximum atomic E-state index is 5.60. The standard InChI is InChI=1S/C8H15N/c1-4-6-7(3)8(9)5-2/h5-6H,4,9H2,1-3H3/b7-6-,8-5+. The largest absolute Gasteiger partial charge is 0.399 e. The van der Waals surface area contributed by atoms with Crippen molar-refractivity contribution in [1.82, 2.24) is 0 Å². The number of hydrogen-bond acceptors (Lipinski definition) is 1. The van der Waals surface area contributed by atoms with Crippen LogP contribution in [0.4, 0.5) is 0 Å². The molecule has 0 fully saturated rings. The van der Waals surface area contributed by atoms with Crippen molar-refractivity contribution >= 4 is 0 Å². The van der Waals surface area contributed by atoms with Crippen LogP contribution in [0.5, 0.6) is 0 Å². The van der Waals surface area contributed by atoms with Crippen molar-refractivity contribution in [2.75, 3.05) is 0 Å². The molecule has 0 atom stereocenters. The van der Waals surface area contributed by atoms with Crippen LogP contribution in [0.1, 0.15) is 27.2 Å². The average Bonchev–Trinajstić information content (AvgIpc) is 1.87. The molecule has 0 aromatic carbocycles. The summed E-state index contributed by atoms with van der Waals surface area (Å²) in [7, 11) is 0. The molecule has 0 aromatic rings. The zero-order valence-electron chi connectivity index (χ0n) is 6.44. The van der Waals surface area contributed by atoms with E-state index in [2.05, 4.69) is 13.0 Å². The van der Waals surface area contributed by atoms with Crippen LogP contribution in [0.3, 0.4) is 0 Å². The third-order valence-corrected chi connectivity index (χ3v) is 1.28. The van der Waals surface area contributed by atoms with Crippen LogP contribution >= 0.6 is 0 Å². The zero-order valence-corrected chi connectivity index (χ0v) is 6.44. The SMILES string of the molecule is C/C=C(N)\C(C)=C/CC. The van der Waals surface area contributed by atoms with Crippen LogP contribution in [0.2, 0.25) is 0 Å². The lowest BCUT2D eigenvalue weighted by Crippen LogP contribution is -1.96. The zero-order chi connectivity index (χ0) is 7.28. The van der Waals surface area contributed by atoms with Gasteiger partial charge < -0.3 is 5.73 Å². The molecule has 0 aliphatic carbocycles. The predicted octanol–water partition coefficient (Wildman–Crippen LogP) is 2.21. The lowest BCUT2D eigenvalue weighted by atomic mass is 10.2. The Hall–Kier alpha value is -0.720. The first-order valence-electron chi connectivity index (χ1n) is 3.31. The van der Waals surface area contributed by atoms with E-state index in [1.807, 2.05) is 19.9 Å². The van der Waals surface area contributed by atoms with E-state index < -0.39 is 0 Å². The van der Waals surface area contributed by atoms with Gasteiger partial charge in [-0.15, -0.1) is 0 Å². The fourth-order valence-electron chi connectivity index (χ4n) is 0.652. The Labute approximate surface area is 57.3 Å². The van der Waals surface area contributed by atoms with E-state index in [9.17, 15) is 0 Å². The first-order valence-corrected chi connectivity index (χ1v) is 3.31. The Kier molecular flexibility index (Phi) is 3.85. The molecule has 0 unspecified atom stereocenters. The second-order valence-electron chi connectivity index (χ2n) is 2.04. The lowest BCUT2D eigenvalue weighted by Gasteiger charge is -1.97. The molecule has 0 radical (unpaired) electrons. The fourth-order valence-corrected chi connectivity index (χ4v) is 0.652. The van der Waals surface area contributed by atoms with Gasteiger partial charge in [-0.2, -0.15) is 0 Å². The molecule has 0 saturated carbocycles. The summed E-state index contributed by atoms with van der Waals surface area (Å²) in [5.74, 6) is 0. The molecule has 9 heavy (non-hydrogen) atoms. The van der Waals surface area contributed by atoms with Gasteiger partial charge in [0, 0.05) is 5.70 Å². The third-order valence-electron chi connectivity index (χ3n) is 1.28. The number of nitrogens with two attached hydrogens (primary N) is 1. The van der Waals surface area contributed by atoms with Gasteiger partial charge >= 0.3 is 0 Å². The molecular weight excluding hydrogens is 110 g/mol. The second kappa shape index (κ2) is 4.19. The maximum Gasteiger partial charge on any atom is 0.0297 e. The molecule has 0 saturated heterocycles. The molecule has 0 spiro atoms. The predicted molar refractivity (Wildman–Crippen MR) is 42.0 cm³/mol. The molecule has 52 valence electrons. The van der Waals surface area contributed by atoms with E-state index in [1.54, 1.807) is 0 Å². The third kappa shape index (κ3) is 2.96. The van der Waals surface area contributed by atoms with Crippen LogP contribution in [0, 0.1) is 0 Å². The summed E-state index contributed by atoms with van der Waals surface area (Å²) < 4.78 is 0. The van der Waals surface area contributed by atoms with Gasteiger partial charge in [0.25, 0.3) is 0 Å². The van der Waals surface area contributed by atoms with E-state index in [-0.39, 0.29) is 0 Å². The molecule has 1 nitrogen and oxygen atoms in total. The maximum absolute atomic E-state index is 5.60. The van der Waals surface area contributed by atoms with Gasteiger partial charge in [-0.3, -0.25) is 0 Å². The smallest absolute Gasteiger partial charge is 0.0297 e. The van der Waals surface area contributed by atoms with Gasteiger partial charge in [-0.1, -0.05) is 19.1 Å². The number of allylic oxidation sites excluding steroid dienone is 3. The number of hydrogen-bond donors (Lipinski definition) is 1. The van der Waals surface area contributed by atoms with Gasteiger partial charge in [0.05, 0.1) is 0 Å². The minimum absolute atomic E-state index is 0.886. The number of rotatable bonds is 2. The van der Waals surface area contributed by atoms with Gasteiger partial charge in [-0.05, 0) is 25.8 Å². The van der Waals surface area contributed by atoms with E-state index >= 15 is 0 Å². The van der Waals surface area contributed by atoms with Crippen molar-refractivity contribution in [1.29, 1.82) is 0 Å². The Morgan fingerprint density at radius 2 is 2.11 bits per heavy atom. The highest BCUT2D eigenvalue weighted by molar-refractivity contribution is 5.24. The highest BCUT2D eigenvalue weighted by Crippen LogP contribution is 2.02. The van der Waals surface area contributed by atoms with Crippen molar-refractivity contribution in [2.45, 2.75) is 27.2 Å². The minimum atomic E-state index is 0.886. The Balaban J connectivity index is 4.03. The topological polar surface area (TPSA) is 26.0 Å². The van der Waals surface area contributed by atoms with E-state index in [0.717, 1.165) is 12.1 Å². The van der Waals surface area contributed by atoms with Crippen LogP contribution in [-0.4, -0.2) is 0 Å². The lowest BCUT2D eigenvalue weighted by molar-refractivity contribution is 1.16. The van der Waals surface area contributed by atoms with E-state index in [0.29, 0.717) is 0 Å². The van der Waals surface area contributed by atoms with Gasteiger partial charge in [0.2, 0.25) is 0 Å². The van der Waals surface area contributed by atoms with Crippen molar-refractivity contribution < 1.29 is 0 Å².